The van der Waals surface area contributed by atoms with Gasteiger partial charge in [0.25, 0.3) is 0 Å². The number of para-hydroxylation sites is 2. The molecule has 0 radical (unpaired) electrons. The summed E-state index contributed by atoms with van der Waals surface area (Å²) >= 11 is 1.85. The summed E-state index contributed by atoms with van der Waals surface area (Å²) in [4.78, 5) is 2.77. The standard InChI is InChI=1S/C16H21NO2S/c1-12-10-14(20-13(12)2)11-17-8-9-19-16-7-5-4-6-15(16)18-3/h4-7,10,17H,8-9,11H2,1-3H3. The lowest BCUT2D eigenvalue weighted by molar-refractivity contribution is 0.292. The molecule has 2 aromatic rings. The van der Waals surface area contributed by atoms with Gasteiger partial charge < -0.3 is 14.8 Å². The Bertz CT molecular complexity index is 532. The number of hydrogen-bond acceptors (Lipinski definition) is 4. The van der Waals surface area contributed by atoms with E-state index in [1.54, 1.807) is 7.11 Å². The smallest absolute Gasteiger partial charge is 0.161 e. The Morgan fingerprint density at radius 3 is 2.55 bits per heavy atom. The first kappa shape index (κ1) is 14.9. The number of ether oxygens (including phenoxy) is 2. The molecule has 108 valence electrons. The maximum atomic E-state index is 5.71. The summed E-state index contributed by atoms with van der Waals surface area (Å²) in [6.45, 7) is 6.65. The first-order chi connectivity index (χ1) is 9.70. The predicted octanol–water partition coefficient (Wildman–Crippen LogP) is 3.54. The van der Waals surface area contributed by atoms with E-state index in [2.05, 4.69) is 25.2 Å². The van der Waals surface area contributed by atoms with Crippen LogP contribution in [0.25, 0.3) is 0 Å². The molecule has 0 aliphatic heterocycles. The Balaban J connectivity index is 1.71. The molecule has 0 bridgehead atoms. The number of methoxy groups -OCH3 is 1. The molecule has 1 aromatic carbocycles. The van der Waals surface area contributed by atoms with Gasteiger partial charge in [0.05, 0.1) is 7.11 Å². The van der Waals surface area contributed by atoms with Crippen molar-refractivity contribution in [3.05, 3.63) is 45.6 Å². The molecule has 0 saturated carbocycles. The summed E-state index contributed by atoms with van der Waals surface area (Å²) in [6, 6.07) is 9.95. The molecular formula is C16H21NO2S. The zero-order valence-corrected chi connectivity index (χ0v) is 13.0. The van der Waals surface area contributed by atoms with E-state index >= 15 is 0 Å². The fraction of sp³-hybridized carbons (Fsp3) is 0.375. The Labute approximate surface area is 124 Å². The normalized spacial score (nSPS) is 10.6. The van der Waals surface area contributed by atoms with Crippen LogP contribution in [0.4, 0.5) is 0 Å². The van der Waals surface area contributed by atoms with Crippen molar-refractivity contribution in [1.29, 1.82) is 0 Å². The lowest BCUT2D eigenvalue weighted by Crippen LogP contribution is -2.20. The molecule has 0 spiro atoms. The molecule has 0 fully saturated rings. The summed E-state index contributed by atoms with van der Waals surface area (Å²) in [7, 11) is 1.65. The number of benzene rings is 1. The molecule has 2 rings (SSSR count). The second-order valence-corrected chi connectivity index (χ2v) is 5.97. The maximum Gasteiger partial charge on any atom is 0.161 e. The van der Waals surface area contributed by atoms with Crippen molar-refractivity contribution in [3.63, 3.8) is 0 Å². The van der Waals surface area contributed by atoms with Gasteiger partial charge in [-0.3, -0.25) is 0 Å². The van der Waals surface area contributed by atoms with E-state index in [1.807, 2.05) is 35.6 Å². The van der Waals surface area contributed by atoms with Crippen molar-refractivity contribution in [2.45, 2.75) is 20.4 Å². The van der Waals surface area contributed by atoms with Gasteiger partial charge in [-0.1, -0.05) is 12.1 Å². The molecule has 0 amide bonds. The van der Waals surface area contributed by atoms with Gasteiger partial charge in [0.2, 0.25) is 0 Å². The molecule has 0 atom stereocenters. The number of nitrogens with one attached hydrogen (secondary N) is 1. The molecular weight excluding hydrogens is 270 g/mol. The van der Waals surface area contributed by atoms with Gasteiger partial charge >= 0.3 is 0 Å². The quantitative estimate of drug-likeness (QED) is 0.791. The zero-order chi connectivity index (χ0) is 14.4. The number of hydrogen-bond donors (Lipinski definition) is 1. The van der Waals surface area contributed by atoms with Gasteiger partial charge in [0, 0.05) is 22.8 Å². The largest absolute Gasteiger partial charge is 0.493 e. The number of thiophene rings is 1. The summed E-state index contributed by atoms with van der Waals surface area (Å²) in [5.74, 6) is 1.57. The minimum absolute atomic E-state index is 0.629. The Hall–Kier alpha value is -1.52. The Morgan fingerprint density at radius 2 is 1.90 bits per heavy atom. The van der Waals surface area contributed by atoms with Crippen LogP contribution in [0.2, 0.25) is 0 Å². The van der Waals surface area contributed by atoms with Crippen LogP contribution < -0.4 is 14.8 Å². The molecule has 1 heterocycles. The fourth-order valence-corrected chi connectivity index (χ4v) is 2.94. The fourth-order valence-electron chi connectivity index (χ4n) is 1.92. The highest BCUT2D eigenvalue weighted by molar-refractivity contribution is 7.12. The molecule has 0 aliphatic rings. The van der Waals surface area contributed by atoms with Crippen LogP contribution in [0.15, 0.2) is 30.3 Å². The topological polar surface area (TPSA) is 30.5 Å². The first-order valence-electron chi connectivity index (χ1n) is 6.73. The second kappa shape index (κ2) is 7.31. The summed E-state index contributed by atoms with van der Waals surface area (Å²) in [6.07, 6.45) is 0. The highest BCUT2D eigenvalue weighted by Crippen LogP contribution is 2.25. The third kappa shape index (κ3) is 3.99. The molecule has 0 saturated heterocycles. The van der Waals surface area contributed by atoms with Gasteiger partial charge in [0.15, 0.2) is 11.5 Å². The third-order valence-corrected chi connectivity index (χ3v) is 4.27. The van der Waals surface area contributed by atoms with Crippen LogP contribution in [-0.2, 0) is 6.54 Å². The zero-order valence-electron chi connectivity index (χ0n) is 12.2. The van der Waals surface area contributed by atoms with Crippen molar-refractivity contribution in [3.8, 4) is 11.5 Å². The highest BCUT2D eigenvalue weighted by Gasteiger charge is 2.03. The monoisotopic (exact) mass is 291 g/mol. The SMILES string of the molecule is COc1ccccc1OCCNCc1cc(C)c(C)s1. The molecule has 1 N–H and O–H groups in total. The predicted molar refractivity (Wildman–Crippen MR) is 84.0 cm³/mol. The minimum Gasteiger partial charge on any atom is -0.493 e. The van der Waals surface area contributed by atoms with Crippen molar-refractivity contribution < 1.29 is 9.47 Å². The second-order valence-electron chi connectivity index (χ2n) is 4.63. The van der Waals surface area contributed by atoms with Crippen LogP contribution in [-0.4, -0.2) is 20.3 Å². The van der Waals surface area contributed by atoms with E-state index in [9.17, 15) is 0 Å². The number of aryl methyl sites for hydroxylation is 2. The van der Waals surface area contributed by atoms with Crippen molar-refractivity contribution >= 4 is 11.3 Å². The van der Waals surface area contributed by atoms with Crippen LogP contribution >= 0.6 is 11.3 Å². The molecule has 0 unspecified atom stereocenters. The summed E-state index contributed by atoms with van der Waals surface area (Å²) in [5, 5.41) is 3.39. The number of rotatable bonds is 7. The lowest BCUT2D eigenvalue weighted by Gasteiger charge is -2.10. The van der Waals surface area contributed by atoms with E-state index in [4.69, 9.17) is 9.47 Å². The van der Waals surface area contributed by atoms with E-state index < -0.39 is 0 Å². The van der Waals surface area contributed by atoms with Crippen molar-refractivity contribution in [1.82, 2.24) is 5.32 Å². The molecule has 4 heteroatoms. The van der Waals surface area contributed by atoms with Gasteiger partial charge in [-0.05, 0) is 37.6 Å². The molecule has 0 aliphatic carbocycles. The Morgan fingerprint density at radius 1 is 1.15 bits per heavy atom. The average molecular weight is 291 g/mol. The molecule has 3 nitrogen and oxygen atoms in total. The van der Waals surface area contributed by atoms with Gasteiger partial charge in [-0.15, -0.1) is 11.3 Å². The van der Waals surface area contributed by atoms with E-state index in [1.165, 1.54) is 15.3 Å². The van der Waals surface area contributed by atoms with Gasteiger partial charge in [-0.25, -0.2) is 0 Å². The molecule has 20 heavy (non-hydrogen) atoms. The summed E-state index contributed by atoms with van der Waals surface area (Å²) in [5.41, 5.74) is 1.37. The average Bonchev–Trinajstić information content (AvgIpc) is 2.78. The van der Waals surface area contributed by atoms with Crippen LogP contribution in [0.5, 0.6) is 11.5 Å². The van der Waals surface area contributed by atoms with E-state index in [0.29, 0.717) is 6.61 Å². The van der Waals surface area contributed by atoms with Crippen molar-refractivity contribution in [2.75, 3.05) is 20.3 Å². The van der Waals surface area contributed by atoms with Crippen LogP contribution in [0.1, 0.15) is 15.3 Å². The van der Waals surface area contributed by atoms with Crippen LogP contribution in [0.3, 0.4) is 0 Å². The highest BCUT2D eigenvalue weighted by atomic mass is 32.1. The molecule has 1 aromatic heterocycles. The maximum absolute atomic E-state index is 5.71. The van der Waals surface area contributed by atoms with E-state index in [0.717, 1.165) is 24.6 Å². The minimum atomic E-state index is 0.629. The van der Waals surface area contributed by atoms with Gasteiger partial charge in [0.1, 0.15) is 6.61 Å². The Kier molecular flexibility index (Phi) is 5.44. The first-order valence-corrected chi connectivity index (χ1v) is 7.55. The summed E-state index contributed by atoms with van der Waals surface area (Å²) < 4.78 is 11.0. The third-order valence-electron chi connectivity index (χ3n) is 3.12. The lowest BCUT2D eigenvalue weighted by atomic mass is 10.3. The van der Waals surface area contributed by atoms with E-state index in [-0.39, 0.29) is 0 Å². The van der Waals surface area contributed by atoms with Gasteiger partial charge in [-0.2, -0.15) is 0 Å². The van der Waals surface area contributed by atoms with Crippen LogP contribution in [0, 0.1) is 13.8 Å². The van der Waals surface area contributed by atoms with Crippen molar-refractivity contribution in [2.24, 2.45) is 0 Å².